The van der Waals surface area contributed by atoms with Gasteiger partial charge in [0.2, 0.25) is 0 Å². The van der Waals surface area contributed by atoms with E-state index in [1.165, 1.54) is 32.1 Å². The molecule has 0 N–H and O–H groups in total. The third-order valence-corrected chi connectivity index (χ3v) is 7.25. The predicted molar refractivity (Wildman–Crippen MR) is 125 cm³/mol. The molecular weight excluding hydrogens is 392 g/mol. The third kappa shape index (κ3) is 5.60. The first kappa shape index (κ1) is 22.3. The fourth-order valence-electron chi connectivity index (χ4n) is 3.77. The molecule has 0 aliphatic heterocycles. The Kier molecular flexibility index (Phi) is 8.26. The van der Waals surface area contributed by atoms with Crippen LogP contribution in [0.5, 0.6) is 0 Å². The first-order valence-corrected chi connectivity index (χ1v) is 12.5. The van der Waals surface area contributed by atoms with Gasteiger partial charge in [-0.1, -0.05) is 88.3 Å². The van der Waals surface area contributed by atoms with Crippen LogP contribution >= 0.6 is 0 Å². The van der Waals surface area contributed by atoms with Crippen molar-refractivity contribution in [3.63, 3.8) is 0 Å². The Bertz CT molecular complexity index is 1010. The summed E-state index contributed by atoms with van der Waals surface area (Å²) in [5.74, 6) is 0. The normalized spacial score (nSPS) is 11.6. The van der Waals surface area contributed by atoms with E-state index < -0.39 is 10.0 Å². The van der Waals surface area contributed by atoms with Crippen LogP contribution in [0, 0.1) is 0 Å². The lowest BCUT2D eigenvalue weighted by molar-refractivity contribution is 0.569. The van der Waals surface area contributed by atoms with Crippen LogP contribution in [0.2, 0.25) is 0 Å². The van der Waals surface area contributed by atoms with Gasteiger partial charge in [-0.05, 0) is 30.7 Å². The number of para-hydroxylation sites is 1. The largest absolute Gasteiger partial charge is 0.264 e. The smallest absolute Gasteiger partial charge is 0.264 e. The number of benzene rings is 2. The van der Waals surface area contributed by atoms with Crippen LogP contribution in [0.25, 0.3) is 10.9 Å². The van der Waals surface area contributed by atoms with Gasteiger partial charge < -0.3 is 0 Å². The molecule has 160 valence electrons. The minimum Gasteiger partial charge on any atom is -0.264 e. The highest BCUT2D eigenvalue weighted by molar-refractivity contribution is 7.92. The van der Waals surface area contributed by atoms with Crippen molar-refractivity contribution in [3.05, 3.63) is 66.9 Å². The van der Waals surface area contributed by atoms with Crippen LogP contribution in [0.15, 0.2) is 71.8 Å². The van der Waals surface area contributed by atoms with Crippen LogP contribution in [-0.2, 0) is 10.0 Å². The van der Waals surface area contributed by atoms with Crippen LogP contribution in [0.3, 0.4) is 0 Å². The molecule has 0 aliphatic carbocycles. The van der Waals surface area contributed by atoms with Crippen LogP contribution in [-0.4, -0.2) is 19.9 Å². The minimum atomic E-state index is -3.66. The van der Waals surface area contributed by atoms with Crippen molar-refractivity contribution in [1.82, 2.24) is 4.98 Å². The molecule has 4 nitrogen and oxygen atoms in total. The molecule has 3 aromatic rings. The first-order chi connectivity index (χ1) is 14.6. The molecule has 0 unspecified atom stereocenters. The number of rotatable bonds is 12. The molecule has 0 saturated heterocycles. The number of fused-ring (bicyclic) bond motifs is 1. The molecule has 0 saturated carbocycles. The minimum absolute atomic E-state index is 0.317. The van der Waals surface area contributed by atoms with Gasteiger partial charge in [0, 0.05) is 18.1 Å². The Hall–Kier alpha value is -2.40. The van der Waals surface area contributed by atoms with E-state index in [0.29, 0.717) is 17.1 Å². The van der Waals surface area contributed by atoms with Crippen molar-refractivity contribution in [1.29, 1.82) is 0 Å². The molecule has 30 heavy (non-hydrogen) atoms. The van der Waals surface area contributed by atoms with E-state index in [4.69, 9.17) is 0 Å². The molecule has 0 fully saturated rings. The van der Waals surface area contributed by atoms with Gasteiger partial charge >= 0.3 is 0 Å². The lowest BCUT2D eigenvalue weighted by atomic mass is 10.1. The maximum Gasteiger partial charge on any atom is 0.264 e. The van der Waals surface area contributed by atoms with E-state index in [1.54, 1.807) is 34.8 Å². The van der Waals surface area contributed by atoms with E-state index in [2.05, 4.69) is 11.9 Å². The van der Waals surface area contributed by atoms with Crippen LogP contribution in [0.4, 0.5) is 5.69 Å². The van der Waals surface area contributed by atoms with Crippen molar-refractivity contribution in [2.75, 3.05) is 10.8 Å². The fourth-order valence-corrected chi connectivity index (χ4v) is 5.30. The number of hydrogen-bond donors (Lipinski definition) is 0. The van der Waals surface area contributed by atoms with Crippen molar-refractivity contribution in [3.8, 4) is 0 Å². The summed E-state index contributed by atoms with van der Waals surface area (Å²) in [6.45, 7) is 2.69. The zero-order valence-corrected chi connectivity index (χ0v) is 18.7. The fraction of sp³-hybridized carbons (Fsp3) is 0.400. The Morgan fingerprint density at radius 2 is 1.43 bits per heavy atom. The van der Waals surface area contributed by atoms with Gasteiger partial charge in [-0.15, -0.1) is 0 Å². The molecule has 0 amide bonds. The molecule has 0 radical (unpaired) electrons. The molecule has 0 bridgehead atoms. The maximum atomic E-state index is 13.5. The zero-order chi connectivity index (χ0) is 21.2. The predicted octanol–water partition coefficient (Wildman–Crippen LogP) is 6.57. The van der Waals surface area contributed by atoms with E-state index in [-0.39, 0.29) is 0 Å². The van der Waals surface area contributed by atoms with Crippen molar-refractivity contribution >= 4 is 26.6 Å². The molecule has 0 aliphatic rings. The topological polar surface area (TPSA) is 50.3 Å². The van der Waals surface area contributed by atoms with Crippen molar-refractivity contribution in [2.24, 2.45) is 0 Å². The van der Waals surface area contributed by atoms with Gasteiger partial charge in [0.05, 0.1) is 16.1 Å². The summed E-state index contributed by atoms with van der Waals surface area (Å²) in [6, 6.07) is 18.3. The quantitative estimate of drug-likeness (QED) is 0.309. The molecule has 3 rings (SSSR count). The maximum absolute atomic E-state index is 13.5. The summed E-state index contributed by atoms with van der Waals surface area (Å²) in [7, 11) is -3.66. The van der Waals surface area contributed by atoms with Gasteiger partial charge in [-0.25, -0.2) is 8.42 Å². The number of hydrogen-bond acceptors (Lipinski definition) is 3. The summed E-state index contributed by atoms with van der Waals surface area (Å²) in [5, 5.41) is 0.944. The third-order valence-electron chi connectivity index (χ3n) is 5.43. The van der Waals surface area contributed by atoms with Gasteiger partial charge in [-0.2, -0.15) is 0 Å². The monoisotopic (exact) mass is 424 g/mol. The Labute approximate surface area is 181 Å². The number of sulfonamides is 1. The van der Waals surface area contributed by atoms with E-state index >= 15 is 0 Å². The average molecular weight is 425 g/mol. The summed E-state index contributed by atoms with van der Waals surface area (Å²) < 4.78 is 28.6. The number of unbranched alkanes of at least 4 members (excludes halogenated alkanes) is 7. The van der Waals surface area contributed by atoms with E-state index in [9.17, 15) is 8.42 Å². The standard InChI is InChI=1S/C25H32N2O2S/c1-2-3-4-5-6-7-8-12-21-27(30(28,29)23-17-10-9-11-18-23)24-19-13-15-22-16-14-20-26-25(22)24/h9-11,13-20H,2-8,12,21H2,1H3. The molecule has 0 spiro atoms. The Morgan fingerprint density at radius 1 is 0.767 bits per heavy atom. The van der Waals surface area contributed by atoms with Crippen molar-refractivity contribution < 1.29 is 8.42 Å². The summed E-state index contributed by atoms with van der Waals surface area (Å²) in [4.78, 5) is 4.81. The molecule has 5 heteroatoms. The Morgan fingerprint density at radius 3 is 2.17 bits per heavy atom. The second kappa shape index (κ2) is 11.1. The summed E-state index contributed by atoms with van der Waals surface area (Å²) in [5.41, 5.74) is 1.37. The Balaban J connectivity index is 1.80. The lowest BCUT2D eigenvalue weighted by Crippen LogP contribution is -2.32. The van der Waals surface area contributed by atoms with Gasteiger partial charge in [-0.3, -0.25) is 9.29 Å². The van der Waals surface area contributed by atoms with Gasteiger partial charge in [0.25, 0.3) is 10.0 Å². The number of anilines is 1. The molecule has 0 atom stereocenters. The molecular formula is C25H32N2O2S. The van der Waals surface area contributed by atoms with E-state index in [0.717, 1.165) is 30.2 Å². The van der Waals surface area contributed by atoms with E-state index in [1.807, 2.05) is 36.4 Å². The highest BCUT2D eigenvalue weighted by Gasteiger charge is 2.26. The molecule has 1 heterocycles. The SMILES string of the molecule is CCCCCCCCCCN(c1cccc2cccnc12)S(=O)(=O)c1ccccc1. The number of aromatic nitrogens is 1. The number of pyridine rings is 1. The second-order valence-corrected chi connectivity index (χ2v) is 9.58. The summed E-state index contributed by atoms with van der Waals surface area (Å²) >= 11 is 0. The van der Waals surface area contributed by atoms with Crippen LogP contribution < -0.4 is 4.31 Å². The van der Waals surface area contributed by atoms with Crippen molar-refractivity contribution in [2.45, 2.75) is 63.2 Å². The van der Waals surface area contributed by atoms with Gasteiger partial charge in [0.1, 0.15) is 0 Å². The highest BCUT2D eigenvalue weighted by Crippen LogP contribution is 2.30. The summed E-state index contributed by atoms with van der Waals surface area (Å²) in [6.07, 6.45) is 11.1. The average Bonchev–Trinajstić information content (AvgIpc) is 2.78. The zero-order valence-electron chi connectivity index (χ0n) is 17.8. The van der Waals surface area contributed by atoms with Crippen LogP contribution in [0.1, 0.15) is 58.3 Å². The molecule has 1 aromatic heterocycles. The second-order valence-electron chi connectivity index (χ2n) is 7.72. The van der Waals surface area contributed by atoms with Gasteiger partial charge in [0.15, 0.2) is 0 Å². The highest BCUT2D eigenvalue weighted by atomic mass is 32.2. The first-order valence-electron chi connectivity index (χ1n) is 11.1. The molecule has 2 aromatic carbocycles. The number of nitrogens with zero attached hydrogens (tertiary/aromatic N) is 2. The lowest BCUT2D eigenvalue weighted by Gasteiger charge is -2.25.